The third-order valence-electron chi connectivity index (χ3n) is 5.85. The number of ether oxygens (including phenoxy) is 1. The number of anilines is 1. The topological polar surface area (TPSA) is 96.0 Å². The van der Waals surface area contributed by atoms with E-state index in [1.165, 1.54) is 31.2 Å². The maximum atomic E-state index is 13.9. The van der Waals surface area contributed by atoms with Crippen molar-refractivity contribution in [2.75, 3.05) is 25.0 Å². The smallest absolute Gasteiger partial charge is 0.264 e. The van der Waals surface area contributed by atoms with E-state index in [-0.39, 0.29) is 28.1 Å². The summed E-state index contributed by atoms with van der Waals surface area (Å²) in [6.07, 6.45) is 0.326. The Morgan fingerprint density at radius 1 is 1.00 bits per heavy atom. The first-order valence-corrected chi connectivity index (χ1v) is 13.5. The Labute approximate surface area is 222 Å². The molecule has 0 unspecified atom stereocenters. The minimum absolute atomic E-state index is 0.0143. The van der Waals surface area contributed by atoms with Crippen molar-refractivity contribution in [2.45, 2.75) is 30.8 Å². The lowest BCUT2D eigenvalue weighted by Gasteiger charge is -2.33. The molecule has 0 spiro atoms. The number of amides is 2. The molecule has 196 valence electrons. The average Bonchev–Trinajstić information content (AvgIpc) is 2.92. The van der Waals surface area contributed by atoms with Crippen molar-refractivity contribution >= 4 is 39.1 Å². The molecule has 3 rings (SSSR count). The number of nitrogens with one attached hydrogen (secondary N) is 1. The van der Waals surface area contributed by atoms with Crippen molar-refractivity contribution < 1.29 is 22.7 Å². The number of methoxy groups -OCH3 is 1. The van der Waals surface area contributed by atoms with E-state index in [1.54, 1.807) is 67.6 Å². The van der Waals surface area contributed by atoms with Crippen molar-refractivity contribution in [3.05, 3.63) is 89.4 Å². The minimum Gasteiger partial charge on any atom is -0.497 e. The molecule has 0 bridgehead atoms. The number of benzene rings is 3. The maximum absolute atomic E-state index is 13.9. The fraction of sp³-hybridized carbons (Fsp3) is 0.259. The van der Waals surface area contributed by atoms with Crippen molar-refractivity contribution in [3.8, 4) is 5.75 Å². The molecule has 8 nitrogen and oxygen atoms in total. The van der Waals surface area contributed by atoms with E-state index >= 15 is 0 Å². The molecule has 0 aliphatic heterocycles. The number of para-hydroxylation sites is 1. The third kappa shape index (κ3) is 6.61. The standard InChI is InChI=1S/C27H30ClN3O5S/c1-4-24(27(33)29-2)30(18-20-11-10-12-21(17-20)36-3)26(32)19-31(25-16-9-8-15-23(25)28)37(34,35)22-13-6-5-7-14-22/h5-17,24H,4,18-19H2,1-3H3,(H,29,33)/t24-/m0/s1. The highest BCUT2D eigenvalue weighted by Crippen LogP contribution is 2.31. The van der Waals surface area contributed by atoms with Crippen LogP contribution in [-0.2, 0) is 26.2 Å². The van der Waals surface area contributed by atoms with E-state index in [9.17, 15) is 18.0 Å². The summed E-state index contributed by atoms with van der Waals surface area (Å²) < 4.78 is 33.7. The normalized spacial score (nSPS) is 11.9. The van der Waals surface area contributed by atoms with E-state index in [2.05, 4.69) is 5.32 Å². The Morgan fingerprint density at radius 3 is 2.30 bits per heavy atom. The Balaban J connectivity index is 2.06. The van der Waals surface area contributed by atoms with Gasteiger partial charge in [-0.3, -0.25) is 13.9 Å². The number of halogens is 1. The number of carbonyl (C=O) groups is 2. The van der Waals surface area contributed by atoms with Crippen LogP contribution >= 0.6 is 11.6 Å². The molecule has 37 heavy (non-hydrogen) atoms. The van der Waals surface area contributed by atoms with Gasteiger partial charge in [0.1, 0.15) is 18.3 Å². The number of rotatable bonds is 11. The van der Waals surface area contributed by atoms with E-state index < -0.39 is 28.5 Å². The molecule has 0 aliphatic rings. The van der Waals surface area contributed by atoms with Gasteiger partial charge in [-0.1, -0.05) is 61.0 Å². The molecule has 2 amide bonds. The zero-order valence-electron chi connectivity index (χ0n) is 20.9. The Kier molecular flexibility index (Phi) is 9.54. The Morgan fingerprint density at radius 2 is 1.68 bits per heavy atom. The first kappa shape index (κ1) is 28.0. The van der Waals surface area contributed by atoms with E-state index in [1.807, 2.05) is 6.07 Å². The van der Waals surface area contributed by atoms with Crippen molar-refractivity contribution in [1.82, 2.24) is 10.2 Å². The van der Waals surface area contributed by atoms with Gasteiger partial charge >= 0.3 is 0 Å². The summed E-state index contributed by atoms with van der Waals surface area (Å²) in [7, 11) is -1.13. The minimum atomic E-state index is -4.17. The molecular weight excluding hydrogens is 514 g/mol. The predicted molar refractivity (Wildman–Crippen MR) is 144 cm³/mol. The van der Waals surface area contributed by atoms with Gasteiger partial charge in [0.05, 0.1) is 22.7 Å². The first-order valence-electron chi connectivity index (χ1n) is 11.7. The second kappa shape index (κ2) is 12.6. The van der Waals surface area contributed by atoms with E-state index in [4.69, 9.17) is 16.3 Å². The fourth-order valence-electron chi connectivity index (χ4n) is 3.94. The van der Waals surface area contributed by atoms with Crippen LogP contribution in [0.3, 0.4) is 0 Å². The number of carbonyl (C=O) groups excluding carboxylic acids is 2. The van der Waals surface area contributed by atoms with Gasteiger partial charge in [-0.2, -0.15) is 0 Å². The van der Waals surface area contributed by atoms with Gasteiger partial charge in [-0.05, 0) is 48.4 Å². The van der Waals surface area contributed by atoms with Gasteiger partial charge in [0.2, 0.25) is 11.8 Å². The monoisotopic (exact) mass is 543 g/mol. The SMILES string of the molecule is CC[C@@H](C(=O)NC)N(Cc1cccc(OC)c1)C(=O)CN(c1ccccc1Cl)S(=O)(=O)c1ccccc1. The van der Waals surface area contributed by atoms with Crippen LogP contribution in [0.25, 0.3) is 0 Å². The van der Waals surface area contributed by atoms with E-state index in [0.29, 0.717) is 12.2 Å². The first-order chi connectivity index (χ1) is 17.7. The van der Waals surface area contributed by atoms with Crippen LogP contribution < -0.4 is 14.4 Å². The zero-order chi connectivity index (χ0) is 27.0. The molecule has 10 heteroatoms. The quantitative estimate of drug-likeness (QED) is 0.393. The van der Waals surface area contributed by atoms with Gasteiger partial charge < -0.3 is 15.0 Å². The van der Waals surface area contributed by atoms with Crippen LogP contribution in [-0.4, -0.2) is 51.9 Å². The Hall–Kier alpha value is -3.56. The summed E-state index contributed by atoms with van der Waals surface area (Å²) >= 11 is 6.39. The van der Waals surface area contributed by atoms with Gasteiger partial charge in [0.15, 0.2) is 0 Å². The molecule has 3 aromatic carbocycles. The Bertz CT molecular complexity index is 1330. The molecule has 0 saturated carbocycles. The predicted octanol–water partition coefficient (Wildman–Crippen LogP) is 4.10. The summed E-state index contributed by atoms with van der Waals surface area (Å²) in [5.74, 6) is -0.311. The summed E-state index contributed by atoms with van der Waals surface area (Å²) in [5, 5.41) is 2.77. The van der Waals surface area contributed by atoms with Gasteiger partial charge in [0, 0.05) is 13.6 Å². The molecule has 0 aromatic heterocycles. The van der Waals surface area contributed by atoms with Crippen LogP contribution in [0.1, 0.15) is 18.9 Å². The lowest BCUT2D eigenvalue weighted by molar-refractivity contribution is -0.140. The molecule has 0 radical (unpaired) electrons. The molecule has 0 fully saturated rings. The number of likely N-dealkylation sites (N-methyl/N-ethyl adjacent to an activating group) is 1. The summed E-state index contributed by atoms with van der Waals surface area (Å²) in [5.41, 5.74) is 0.890. The average molecular weight is 544 g/mol. The summed E-state index contributed by atoms with van der Waals surface area (Å²) in [4.78, 5) is 28.0. The molecular formula is C27H30ClN3O5S. The second-order valence-corrected chi connectivity index (χ2v) is 10.5. The van der Waals surface area contributed by atoms with Crippen LogP contribution in [0.2, 0.25) is 5.02 Å². The second-order valence-electron chi connectivity index (χ2n) is 8.19. The molecule has 0 heterocycles. The van der Waals surface area contributed by atoms with Gasteiger partial charge in [-0.25, -0.2) is 8.42 Å². The lowest BCUT2D eigenvalue weighted by atomic mass is 10.1. The summed E-state index contributed by atoms with van der Waals surface area (Å²) in [6, 6.07) is 20.6. The van der Waals surface area contributed by atoms with Gasteiger partial charge in [-0.15, -0.1) is 0 Å². The third-order valence-corrected chi connectivity index (χ3v) is 7.94. The molecule has 1 N–H and O–H groups in total. The van der Waals surface area contributed by atoms with Crippen LogP contribution in [0, 0.1) is 0 Å². The highest BCUT2D eigenvalue weighted by Gasteiger charge is 2.34. The molecule has 0 saturated heterocycles. The number of nitrogens with zero attached hydrogens (tertiary/aromatic N) is 2. The molecule has 1 atom stereocenters. The molecule has 3 aromatic rings. The maximum Gasteiger partial charge on any atom is 0.264 e. The number of sulfonamides is 1. The summed E-state index contributed by atoms with van der Waals surface area (Å²) in [6.45, 7) is 1.31. The van der Waals surface area contributed by atoms with Crippen LogP contribution in [0.4, 0.5) is 5.69 Å². The number of hydrogen-bond acceptors (Lipinski definition) is 5. The largest absolute Gasteiger partial charge is 0.497 e. The van der Waals surface area contributed by atoms with E-state index in [0.717, 1.165) is 9.87 Å². The fourth-order valence-corrected chi connectivity index (χ4v) is 5.68. The van der Waals surface area contributed by atoms with Crippen LogP contribution in [0.5, 0.6) is 5.75 Å². The highest BCUT2D eigenvalue weighted by molar-refractivity contribution is 7.92. The van der Waals surface area contributed by atoms with Crippen molar-refractivity contribution in [2.24, 2.45) is 0 Å². The molecule has 0 aliphatic carbocycles. The van der Waals surface area contributed by atoms with Crippen LogP contribution in [0.15, 0.2) is 83.8 Å². The number of hydrogen-bond donors (Lipinski definition) is 1. The van der Waals surface area contributed by atoms with Crippen molar-refractivity contribution in [1.29, 1.82) is 0 Å². The zero-order valence-corrected chi connectivity index (χ0v) is 22.5. The lowest BCUT2D eigenvalue weighted by Crippen LogP contribution is -2.51. The van der Waals surface area contributed by atoms with Crippen molar-refractivity contribution in [3.63, 3.8) is 0 Å². The van der Waals surface area contributed by atoms with Gasteiger partial charge in [0.25, 0.3) is 10.0 Å². The highest BCUT2D eigenvalue weighted by atomic mass is 35.5.